The molecule has 3 heterocycles. The van der Waals surface area contributed by atoms with Crippen LogP contribution in [0.4, 0.5) is 5.69 Å². The van der Waals surface area contributed by atoms with E-state index in [1.807, 2.05) is 24.5 Å². The van der Waals surface area contributed by atoms with Crippen LogP contribution in [0.3, 0.4) is 0 Å². The van der Waals surface area contributed by atoms with Crippen molar-refractivity contribution in [2.75, 3.05) is 32.6 Å². The molecule has 4 aliphatic rings. The molecule has 1 aliphatic carbocycles. The maximum Gasteiger partial charge on any atom is 0.174 e. The SMILES string of the molecule is COc1ccc(NC2=NC(C3=CC=C4N=CN(C)C4C3)=CN3CCN=C23)cc1CO. The molecule has 0 radical (unpaired) electrons. The number of nitrogens with zero attached hydrogens (tertiary/aromatic N) is 5. The molecule has 0 amide bonds. The lowest BCUT2D eigenvalue weighted by molar-refractivity contribution is 0.274. The van der Waals surface area contributed by atoms with Gasteiger partial charge in [-0.25, -0.2) is 9.98 Å². The lowest BCUT2D eigenvalue weighted by Gasteiger charge is -2.28. The van der Waals surface area contributed by atoms with Crippen LogP contribution < -0.4 is 10.1 Å². The first-order valence-corrected chi connectivity index (χ1v) is 10.0. The third-order valence-electron chi connectivity index (χ3n) is 5.73. The van der Waals surface area contributed by atoms with E-state index in [-0.39, 0.29) is 12.6 Å². The molecule has 0 spiro atoms. The van der Waals surface area contributed by atoms with E-state index in [0.29, 0.717) is 11.6 Å². The van der Waals surface area contributed by atoms with Gasteiger partial charge in [-0.1, -0.05) is 6.08 Å². The zero-order valence-corrected chi connectivity index (χ0v) is 17.0. The van der Waals surface area contributed by atoms with E-state index in [0.717, 1.165) is 48.0 Å². The summed E-state index contributed by atoms with van der Waals surface area (Å²) in [5.74, 6) is 2.21. The Labute approximate surface area is 175 Å². The zero-order valence-electron chi connectivity index (χ0n) is 17.0. The summed E-state index contributed by atoms with van der Waals surface area (Å²) in [5, 5.41) is 13.0. The number of hydrogen-bond acceptors (Lipinski definition) is 8. The molecule has 0 aromatic heterocycles. The predicted octanol–water partition coefficient (Wildman–Crippen LogP) is 2.12. The summed E-state index contributed by atoms with van der Waals surface area (Å²) in [6, 6.07) is 5.89. The number of likely N-dealkylation sites (N-methyl/N-ethyl adjacent to an activating group) is 1. The highest BCUT2D eigenvalue weighted by atomic mass is 16.5. The van der Waals surface area contributed by atoms with Crippen molar-refractivity contribution >= 4 is 23.7 Å². The Bertz CT molecular complexity index is 1070. The van der Waals surface area contributed by atoms with E-state index in [2.05, 4.69) is 50.5 Å². The number of hydrogen-bond donors (Lipinski definition) is 2. The minimum atomic E-state index is -0.0953. The second-order valence-electron chi connectivity index (χ2n) is 7.60. The summed E-state index contributed by atoms with van der Waals surface area (Å²) < 4.78 is 5.30. The largest absolute Gasteiger partial charge is 0.496 e. The first-order chi connectivity index (χ1) is 14.7. The van der Waals surface area contributed by atoms with Crippen molar-refractivity contribution in [3.63, 3.8) is 0 Å². The highest BCUT2D eigenvalue weighted by molar-refractivity contribution is 6.45. The summed E-state index contributed by atoms with van der Waals surface area (Å²) in [6.45, 7) is 1.49. The maximum atomic E-state index is 9.63. The van der Waals surface area contributed by atoms with Gasteiger partial charge >= 0.3 is 0 Å². The van der Waals surface area contributed by atoms with E-state index in [1.54, 1.807) is 7.11 Å². The van der Waals surface area contributed by atoms with Crippen LogP contribution >= 0.6 is 0 Å². The van der Waals surface area contributed by atoms with Crippen LogP contribution in [0.15, 0.2) is 68.5 Å². The van der Waals surface area contributed by atoms with Gasteiger partial charge in [-0.15, -0.1) is 0 Å². The predicted molar refractivity (Wildman–Crippen MR) is 118 cm³/mol. The number of aliphatic hydroxyl groups is 1. The minimum absolute atomic E-state index is 0.0953. The number of aliphatic imine (C=N–C) groups is 3. The third kappa shape index (κ3) is 3.19. The van der Waals surface area contributed by atoms with Gasteiger partial charge in [0.2, 0.25) is 0 Å². The number of allylic oxidation sites excluding steroid dienone is 3. The summed E-state index contributed by atoms with van der Waals surface area (Å²) >= 11 is 0. The van der Waals surface area contributed by atoms with Gasteiger partial charge in [-0.05, 0) is 29.8 Å². The third-order valence-corrected chi connectivity index (χ3v) is 5.73. The topological polar surface area (TPSA) is 85.0 Å². The van der Waals surface area contributed by atoms with Crippen molar-refractivity contribution < 1.29 is 9.84 Å². The van der Waals surface area contributed by atoms with E-state index < -0.39 is 0 Å². The average Bonchev–Trinajstić information content (AvgIpc) is 3.40. The van der Waals surface area contributed by atoms with Crippen molar-refractivity contribution in [1.82, 2.24) is 9.80 Å². The van der Waals surface area contributed by atoms with Gasteiger partial charge in [0.1, 0.15) is 5.75 Å². The summed E-state index contributed by atoms with van der Waals surface area (Å²) in [7, 11) is 3.65. The molecule has 0 saturated heterocycles. The van der Waals surface area contributed by atoms with Gasteiger partial charge in [0.25, 0.3) is 0 Å². The van der Waals surface area contributed by atoms with Gasteiger partial charge < -0.3 is 25.0 Å². The summed E-state index contributed by atoms with van der Waals surface area (Å²) in [4.78, 5) is 18.3. The maximum absolute atomic E-state index is 9.63. The smallest absolute Gasteiger partial charge is 0.174 e. The van der Waals surface area contributed by atoms with Crippen LogP contribution in [-0.4, -0.2) is 66.2 Å². The molecule has 0 fully saturated rings. The number of ether oxygens (including phenoxy) is 1. The van der Waals surface area contributed by atoms with Gasteiger partial charge in [0, 0.05) is 37.5 Å². The Morgan fingerprint density at radius 2 is 2.20 bits per heavy atom. The molecule has 8 nitrogen and oxygen atoms in total. The minimum Gasteiger partial charge on any atom is -0.496 e. The van der Waals surface area contributed by atoms with E-state index in [9.17, 15) is 5.11 Å². The van der Waals surface area contributed by atoms with E-state index in [4.69, 9.17) is 9.73 Å². The molecule has 0 bridgehead atoms. The van der Waals surface area contributed by atoms with Crippen molar-refractivity contribution in [1.29, 1.82) is 0 Å². The molecular formula is C22H24N6O2. The Morgan fingerprint density at radius 3 is 3.03 bits per heavy atom. The van der Waals surface area contributed by atoms with Gasteiger partial charge in [0.15, 0.2) is 11.7 Å². The Kier molecular flexibility index (Phi) is 4.63. The van der Waals surface area contributed by atoms with E-state index in [1.165, 1.54) is 5.57 Å². The number of amidine groups is 2. The lowest BCUT2D eigenvalue weighted by atomic mass is 9.95. The van der Waals surface area contributed by atoms with Crippen molar-refractivity contribution in [2.45, 2.75) is 19.1 Å². The zero-order chi connectivity index (χ0) is 20.7. The molecule has 1 aromatic carbocycles. The number of aliphatic hydroxyl groups excluding tert-OH is 1. The standard InChI is InChI=1S/C22H24N6O2/c1-27-13-24-17-5-3-14(10-19(17)27)18-11-28-8-7-23-22(28)21(26-18)25-16-4-6-20(30-2)15(9-16)12-29/h3-6,9,11,13,19,29H,7-8,10,12H2,1-2H3,(H,25,26). The molecule has 8 heteroatoms. The molecule has 1 aromatic rings. The van der Waals surface area contributed by atoms with Crippen LogP contribution in [0.1, 0.15) is 12.0 Å². The summed E-state index contributed by atoms with van der Waals surface area (Å²) in [6.07, 6.45) is 9.03. The molecule has 154 valence electrons. The lowest BCUT2D eigenvalue weighted by Crippen LogP contribution is -2.37. The van der Waals surface area contributed by atoms with Gasteiger partial charge in [-0.3, -0.25) is 4.99 Å². The molecule has 30 heavy (non-hydrogen) atoms. The normalized spacial score (nSPS) is 22.0. The number of nitrogens with one attached hydrogen (secondary N) is 1. The first kappa shape index (κ1) is 18.6. The fourth-order valence-corrected chi connectivity index (χ4v) is 4.09. The molecule has 0 saturated carbocycles. The van der Waals surface area contributed by atoms with E-state index >= 15 is 0 Å². The molecule has 2 N–H and O–H groups in total. The number of fused-ring (bicyclic) bond motifs is 2. The highest BCUT2D eigenvalue weighted by Gasteiger charge is 2.31. The Hall–Kier alpha value is -3.39. The van der Waals surface area contributed by atoms with Gasteiger partial charge in [-0.2, -0.15) is 0 Å². The average molecular weight is 404 g/mol. The number of methoxy groups -OCH3 is 1. The highest BCUT2D eigenvalue weighted by Crippen LogP contribution is 2.33. The number of rotatable bonds is 4. The Balaban J connectivity index is 1.45. The van der Waals surface area contributed by atoms with Crippen LogP contribution in [-0.2, 0) is 6.61 Å². The fourth-order valence-electron chi connectivity index (χ4n) is 4.09. The molecule has 1 atom stereocenters. The van der Waals surface area contributed by atoms with Crippen LogP contribution in [0.5, 0.6) is 5.75 Å². The number of anilines is 1. The molecule has 5 rings (SSSR count). The van der Waals surface area contributed by atoms with Crippen molar-refractivity contribution in [3.8, 4) is 5.75 Å². The fraction of sp³-hybridized carbons (Fsp3) is 0.318. The first-order valence-electron chi connectivity index (χ1n) is 10.0. The monoisotopic (exact) mass is 404 g/mol. The second-order valence-corrected chi connectivity index (χ2v) is 7.60. The quantitative estimate of drug-likeness (QED) is 0.803. The van der Waals surface area contributed by atoms with Crippen molar-refractivity contribution in [3.05, 3.63) is 59.1 Å². The Morgan fingerprint density at radius 1 is 1.30 bits per heavy atom. The van der Waals surface area contributed by atoms with Crippen LogP contribution in [0.25, 0.3) is 0 Å². The van der Waals surface area contributed by atoms with Gasteiger partial charge in [0.05, 0.1) is 44.0 Å². The molecule has 1 unspecified atom stereocenters. The van der Waals surface area contributed by atoms with Crippen LogP contribution in [0.2, 0.25) is 0 Å². The molecule has 3 aliphatic heterocycles. The van der Waals surface area contributed by atoms with Crippen LogP contribution in [0, 0.1) is 0 Å². The second kappa shape index (κ2) is 7.46. The number of benzene rings is 1. The van der Waals surface area contributed by atoms with Crippen molar-refractivity contribution in [2.24, 2.45) is 15.0 Å². The summed E-state index contributed by atoms with van der Waals surface area (Å²) in [5.41, 5.74) is 4.76. The molecular weight excluding hydrogens is 380 g/mol.